The second kappa shape index (κ2) is 10.8. The molecule has 1 amide bonds. The molecule has 0 aromatic heterocycles. The van der Waals surface area contributed by atoms with E-state index in [1.54, 1.807) is 19.2 Å². The van der Waals surface area contributed by atoms with Gasteiger partial charge < -0.3 is 14.2 Å². The van der Waals surface area contributed by atoms with Gasteiger partial charge in [0.1, 0.15) is 6.61 Å². The van der Waals surface area contributed by atoms with Crippen molar-refractivity contribution in [1.29, 1.82) is 0 Å². The Balaban J connectivity index is 1.65. The van der Waals surface area contributed by atoms with E-state index < -0.39 is 11.9 Å². The molecule has 2 aromatic carbocycles. The Labute approximate surface area is 191 Å². The zero-order chi connectivity index (χ0) is 22.2. The van der Waals surface area contributed by atoms with E-state index in [0.29, 0.717) is 18.1 Å². The molecule has 0 spiro atoms. The topological polar surface area (TPSA) is 98.6 Å². The number of hydrogen-bond acceptors (Lipinski definition) is 8. The van der Waals surface area contributed by atoms with E-state index in [4.69, 9.17) is 9.47 Å². The van der Waals surface area contributed by atoms with Crippen LogP contribution in [0.5, 0.6) is 11.5 Å². The number of benzene rings is 2. The van der Waals surface area contributed by atoms with E-state index in [9.17, 15) is 9.59 Å². The molecule has 1 N–H and O–H groups in total. The lowest BCUT2D eigenvalue weighted by Crippen LogP contribution is -2.19. The summed E-state index contributed by atoms with van der Waals surface area (Å²) in [5, 5.41) is 10.7. The highest BCUT2D eigenvalue weighted by atomic mass is 79.9. The summed E-state index contributed by atoms with van der Waals surface area (Å²) in [7, 11) is 2.80. The molecule has 0 saturated carbocycles. The largest absolute Gasteiger partial charge is 0.493 e. The van der Waals surface area contributed by atoms with Crippen LogP contribution in [0, 0.1) is 0 Å². The minimum Gasteiger partial charge on any atom is -0.493 e. The average Bonchev–Trinajstić information content (AvgIpc) is 3.11. The Morgan fingerprint density at radius 2 is 2.03 bits per heavy atom. The van der Waals surface area contributed by atoms with Crippen LogP contribution in [-0.4, -0.2) is 37.5 Å². The molecule has 3 rings (SSSR count). The van der Waals surface area contributed by atoms with Crippen molar-refractivity contribution in [2.75, 3.05) is 14.2 Å². The predicted octanol–water partition coefficient (Wildman–Crippen LogP) is 3.65. The smallest absolute Gasteiger partial charge is 0.331 e. The summed E-state index contributed by atoms with van der Waals surface area (Å²) in [5.74, 6) is 0.107. The van der Waals surface area contributed by atoms with Gasteiger partial charge in [-0.15, -0.1) is 5.10 Å². The van der Waals surface area contributed by atoms with Gasteiger partial charge in [-0.05, 0) is 53.2 Å². The minimum absolute atomic E-state index is 0.189. The van der Waals surface area contributed by atoms with Gasteiger partial charge in [-0.3, -0.25) is 10.1 Å². The van der Waals surface area contributed by atoms with Gasteiger partial charge in [-0.2, -0.15) is 5.10 Å². The van der Waals surface area contributed by atoms with Crippen molar-refractivity contribution in [1.82, 2.24) is 5.32 Å². The van der Waals surface area contributed by atoms with E-state index in [0.717, 1.165) is 33.4 Å². The Kier molecular flexibility index (Phi) is 7.85. The van der Waals surface area contributed by atoms with Crippen molar-refractivity contribution in [3.05, 3.63) is 69.0 Å². The van der Waals surface area contributed by atoms with E-state index in [1.807, 2.05) is 30.3 Å². The molecular formula is C21H18BrN3O5S. The lowest BCUT2D eigenvalue weighted by Gasteiger charge is -2.11. The van der Waals surface area contributed by atoms with Gasteiger partial charge in [0.05, 0.1) is 25.3 Å². The lowest BCUT2D eigenvalue weighted by atomic mass is 10.2. The number of carbonyl (C=O) groups is 2. The van der Waals surface area contributed by atoms with E-state index in [1.165, 1.54) is 13.3 Å². The number of esters is 1. The first-order chi connectivity index (χ1) is 15.0. The molecule has 0 aliphatic carbocycles. The van der Waals surface area contributed by atoms with Crippen molar-refractivity contribution in [3.8, 4) is 11.5 Å². The molecular weight excluding hydrogens is 486 g/mol. The number of halogens is 1. The molecule has 160 valence electrons. The summed E-state index contributed by atoms with van der Waals surface area (Å²) in [4.78, 5) is 23.3. The van der Waals surface area contributed by atoms with Crippen LogP contribution in [0.25, 0.3) is 0 Å². The fourth-order valence-electron chi connectivity index (χ4n) is 2.46. The molecule has 1 saturated heterocycles. The highest BCUT2D eigenvalue weighted by molar-refractivity contribution is 9.10. The van der Waals surface area contributed by atoms with Gasteiger partial charge in [-0.1, -0.05) is 28.1 Å². The molecule has 2 aromatic rings. The van der Waals surface area contributed by atoms with Crippen LogP contribution < -0.4 is 14.8 Å². The van der Waals surface area contributed by atoms with Crippen LogP contribution in [0.2, 0.25) is 0 Å². The first kappa shape index (κ1) is 22.6. The normalized spacial score (nSPS) is 16.0. The Hall–Kier alpha value is -3.11. The highest BCUT2D eigenvalue weighted by Gasteiger charge is 2.25. The maximum Gasteiger partial charge on any atom is 0.331 e. The van der Waals surface area contributed by atoms with Crippen LogP contribution in [0.4, 0.5) is 0 Å². The number of amides is 1. The number of amidine groups is 1. The van der Waals surface area contributed by atoms with Crippen molar-refractivity contribution in [2.45, 2.75) is 6.61 Å². The number of nitrogens with zero attached hydrogens (tertiary/aromatic N) is 2. The van der Waals surface area contributed by atoms with Crippen molar-refractivity contribution in [3.63, 3.8) is 0 Å². The third kappa shape index (κ3) is 6.43. The number of ether oxygens (including phenoxy) is 3. The van der Waals surface area contributed by atoms with Crippen molar-refractivity contribution >= 4 is 51.0 Å². The maximum absolute atomic E-state index is 11.8. The molecule has 0 unspecified atom stereocenters. The van der Waals surface area contributed by atoms with Crippen LogP contribution in [0.15, 0.2) is 68.1 Å². The number of thioether (sulfide) groups is 1. The third-order valence-corrected chi connectivity index (χ3v) is 5.32. The molecule has 0 bridgehead atoms. The number of nitrogens with one attached hydrogen (secondary N) is 1. The number of methoxy groups -OCH3 is 2. The van der Waals surface area contributed by atoms with Gasteiger partial charge in [0.15, 0.2) is 16.7 Å². The molecule has 0 radical (unpaired) electrons. The molecule has 1 aliphatic rings. The molecule has 8 nitrogen and oxygen atoms in total. The Morgan fingerprint density at radius 3 is 2.77 bits per heavy atom. The zero-order valence-electron chi connectivity index (χ0n) is 16.6. The highest BCUT2D eigenvalue weighted by Crippen LogP contribution is 2.29. The summed E-state index contributed by atoms with van der Waals surface area (Å²) in [6.07, 6.45) is 2.62. The number of rotatable bonds is 7. The van der Waals surface area contributed by atoms with E-state index >= 15 is 0 Å². The Bertz CT molecular complexity index is 1080. The lowest BCUT2D eigenvalue weighted by molar-refractivity contribution is -0.135. The summed E-state index contributed by atoms with van der Waals surface area (Å²) in [6.45, 7) is 0.398. The second-order valence-electron chi connectivity index (χ2n) is 6.07. The number of hydrogen-bond donors (Lipinski definition) is 1. The molecule has 31 heavy (non-hydrogen) atoms. The monoisotopic (exact) mass is 503 g/mol. The minimum atomic E-state index is -0.614. The van der Waals surface area contributed by atoms with Gasteiger partial charge in [0.25, 0.3) is 5.91 Å². The first-order valence-electron chi connectivity index (χ1n) is 8.93. The van der Waals surface area contributed by atoms with Gasteiger partial charge in [0.2, 0.25) is 0 Å². The molecule has 1 heterocycles. The second-order valence-corrected chi connectivity index (χ2v) is 8.01. The van der Waals surface area contributed by atoms with Gasteiger partial charge in [-0.25, -0.2) is 4.79 Å². The first-order valence-corrected chi connectivity index (χ1v) is 10.5. The standard InChI is InChI=1S/C21H18BrN3O5S/c1-28-17-9-13(6-7-16(17)30-12-14-4-3-5-15(22)8-14)11-23-25-21-24-20(27)18(31-21)10-19(26)29-2/h3-11H,12H2,1-2H3,(H,24,25,27)/b18-10+,23-11?. The molecule has 0 atom stereocenters. The van der Waals surface area contributed by atoms with Crippen LogP contribution in [0.3, 0.4) is 0 Å². The van der Waals surface area contributed by atoms with Crippen LogP contribution >= 0.6 is 27.7 Å². The summed E-state index contributed by atoms with van der Waals surface area (Å²) >= 11 is 4.44. The fourth-order valence-corrected chi connectivity index (χ4v) is 3.65. The molecule has 10 heteroatoms. The SMILES string of the molecule is COC(=O)/C=C1/S/C(=N\N=Cc2ccc(OCc3cccc(Br)c3)c(OC)c2)NC1=O. The third-order valence-electron chi connectivity index (χ3n) is 3.93. The van der Waals surface area contributed by atoms with Gasteiger partial charge >= 0.3 is 5.97 Å². The average molecular weight is 504 g/mol. The zero-order valence-corrected chi connectivity index (χ0v) is 19.0. The van der Waals surface area contributed by atoms with E-state index in [-0.39, 0.29) is 10.1 Å². The quantitative estimate of drug-likeness (QED) is 0.268. The van der Waals surface area contributed by atoms with Crippen molar-refractivity contribution < 1.29 is 23.8 Å². The van der Waals surface area contributed by atoms with Crippen molar-refractivity contribution in [2.24, 2.45) is 10.2 Å². The van der Waals surface area contributed by atoms with Crippen LogP contribution in [0.1, 0.15) is 11.1 Å². The Morgan fingerprint density at radius 1 is 1.19 bits per heavy atom. The van der Waals surface area contributed by atoms with Crippen LogP contribution in [-0.2, 0) is 20.9 Å². The molecule has 1 fully saturated rings. The maximum atomic E-state index is 11.8. The van der Waals surface area contributed by atoms with Gasteiger partial charge in [0, 0.05) is 10.5 Å². The molecule has 1 aliphatic heterocycles. The fraction of sp³-hybridized carbons (Fsp3) is 0.143. The summed E-state index contributed by atoms with van der Waals surface area (Å²) in [5.41, 5.74) is 1.75. The summed E-state index contributed by atoms with van der Waals surface area (Å²) in [6, 6.07) is 13.2. The number of carbonyl (C=O) groups excluding carboxylic acids is 2. The summed E-state index contributed by atoms with van der Waals surface area (Å²) < 4.78 is 16.8. The predicted molar refractivity (Wildman–Crippen MR) is 122 cm³/mol. The van der Waals surface area contributed by atoms with E-state index in [2.05, 4.69) is 36.2 Å².